The molecule has 1 amide bonds. The fourth-order valence-corrected chi connectivity index (χ4v) is 2.53. The summed E-state index contributed by atoms with van der Waals surface area (Å²) < 4.78 is 11.3. The van der Waals surface area contributed by atoms with E-state index in [9.17, 15) is 4.79 Å². The van der Waals surface area contributed by atoms with Crippen LogP contribution in [0.5, 0.6) is 0 Å². The minimum Gasteiger partial charge on any atom is -0.377 e. The van der Waals surface area contributed by atoms with Gasteiger partial charge in [0.1, 0.15) is 12.2 Å². The number of carbonyl (C=O) groups is 1. The van der Waals surface area contributed by atoms with Gasteiger partial charge in [0.15, 0.2) is 0 Å². The van der Waals surface area contributed by atoms with E-state index in [2.05, 4.69) is 5.32 Å². The van der Waals surface area contributed by atoms with Crippen molar-refractivity contribution in [3.05, 3.63) is 0 Å². The van der Waals surface area contributed by atoms with E-state index in [-0.39, 0.29) is 18.1 Å². The van der Waals surface area contributed by atoms with Crippen molar-refractivity contribution in [1.29, 1.82) is 0 Å². The molecule has 2 heterocycles. The first kappa shape index (κ1) is 11.4. The molecule has 2 saturated heterocycles. The number of hydrogen-bond acceptors (Lipinski definition) is 4. The molecule has 0 aromatic rings. The van der Waals surface area contributed by atoms with Crippen LogP contribution in [0.4, 0.5) is 0 Å². The number of ether oxygens (including phenoxy) is 2. The number of nitrogens with one attached hydrogen (secondary N) is 1. The fraction of sp³-hybridized carbons (Fsp3) is 0.917. The summed E-state index contributed by atoms with van der Waals surface area (Å²) in [6.45, 7) is 4.75. The number of carbonyl (C=O) groups excluding carboxylic acids is 1. The number of nitrogens with zero attached hydrogens (tertiary/aromatic N) is 1. The average molecular weight is 240 g/mol. The van der Waals surface area contributed by atoms with Crippen molar-refractivity contribution in [2.24, 2.45) is 5.92 Å². The lowest BCUT2D eigenvalue weighted by molar-refractivity contribution is -0.170. The van der Waals surface area contributed by atoms with Crippen LogP contribution in [0.15, 0.2) is 0 Å². The smallest absolute Gasteiger partial charge is 0.248 e. The van der Waals surface area contributed by atoms with E-state index in [1.807, 2.05) is 4.90 Å². The normalized spacial score (nSPS) is 35.1. The van der Waals surface area contributed by atoms with Crippen LogP contribution in [0.2, 0.25) is 0 Å². The highest BCUT2D eigenvalue weighted by atomic mass is 16.5. The van der Waals surface area contributed by atoms with Crippen LogP contribution in [0.25, 0.3) is 0 Å². The first-order valence-corrected chi connectivity index (χ1v) is 6.48. The Morgan fingerprint density at radius 1 is 1.47 bits per heavy atom. The average Bonchev–Trinajstić information content (AvgIpc) is 3.13. The molecule has 0 bridgehead atoms. The van der Waals surface area contributed by atoms with E-state index in [0.717, 1.165) is 32.2 Å². The second-order valence-corrected chi connectivity index (χ2v) is 5.42. The van der Waals surface area contributed by atoms with Crippen molar-refractivity contribution >= 4 is 5.91 Å². The molecule has 1 N–H and O–H groups in total. The first-order valence-electron chi connectivity index (χ1n) is 6.48. The molecule has 1 atom stereocenters. The summed E-state index contributed by atoms with van der Waals surface area (Å²) in [4.78, 5) is 13.8. The fourth-order valence-electron chi connectivity index (χ4n) is 2.53. The zero-order valence-electron chi connectivity index (χ0n) is 10.1. The topological polar surface area (TPSA) is 50.8 Å². The number of hydrogen-bond donors (Lipinski definition) is 1. The summed E-state index contributed by atoms with van der Waals surface area (Å²) in [5.74, 6) is 0.862. The number of morpholine rings is 1. The molecule has 1 saturated carbocycles. The van der Waals surface area contributed by atoms with Gasteiger partial charge in [-0.25, -0.2) is 0 Å². The quantitative estimate of drug-likeness (QED) is 0.714. The zero-order chi connectivity index (χ0) is 11.7. The first-order chi connectivity index (χ1) is 8.27. The molecule has 0 aromatic carbocycles. The maximum absolute atomic E-state index is 11.8. The molecule has 3 rings (SSSR count). The van der Waals surface area contributed by atoms with Crippen molar-refractivity contribution in [3.8, 4) is 0 Å². The molecule has 17 heavy (non-hydrogen) atoms. The highest BCUT2D eigenvalue weighted by Crippen LogP contribution is 2.31. The van der Waals surface area contributed by atoms with Crippen molar-refractivity contribution in [2.45, 2.75) is 18.4 Å². The van der Waals surface area contributed by atoms with Gasteiger partial charge < -0.3 is 19.7 Å². The van der Waals surface area contributed by atoms with Crippen molar-refractivity contribution in [3.63, 3.8) is 0 Å². The van der Waals surface area contributed by atoms with Gasteiger partial charge in [0.05, 0.1) is 19.8 Å². The van der Waals surface area contributed by atoms with Crippen molar-refractivity contribution in [1.82, 2.24) is 10.2 Å². The Morgan fingerprint density at radius 2 is 2.35 bits per heavy atom. The number of rotatable bonds is 2. The second-order valence-electron chi connectivity index (χ2n) is 5.42. The van der Waals surface area contributed by atoms with E-state index in [0.29, 0.717) is 13.2 Å². The van der Waals surface area contributed by atoms with Gasteiger partial charge in [0.25, 0.3) is 0 Å². The standard InChI is InChI=1S/C12H20N2O3/c15-11-6-17-12(7-13-3-4-16-9-12)8-14(11)5-10-1-2-10/h10,13H,1-9H2. The van der Waals surface area contributed by atoms with E-state index in [1.54, 1.807) is 0 Å². The Kier molecular flexibility index (Phi) is 3.06. The molecule has 96 valence electrons. The maximum atomic E-state index is 11.8. The lowest BCUT2D eigenvalue weighted by Crippen LogP contribution is -2.60. The molecule has 3 aliphatic rings. The molecule has 0 radical (unpaired) electrons. The van der Waals surface area contributed by atoms with Gasteiger partial charge >= 0.3 is 0 Å². The molecule has 0 aromatic heterocycles. The second kappa shape index (κ2) is 4.55. The SMILES string of the molecule is O=C1COC2(CNCCOC2)CN1CC1CC1. The van der Waals surface area contributed by atoms with Crippen LogP contribution in [0, 0.1) is 5.92 Å². The summed E-state index contributed by atoms with van der Waals surface area (Å²) >= 11 is 0. The predicted octanol–water partition coefficient (Wildman–Crippen LogP) is -0.386. The van der Waals surface area contributed by atoms with Crippen LogP contribution in [0.3, 0.4) is 0 Å². The lowest BCUT2D eigenvalue weighted by Gasteiger charge is -2.41. The maximum Gasteiger partial charge on any atom is 0.248 e. The molecule has 5 nitrogen and oxygen atoms in total. The third-order valence-corrected chi connectivity index (χ3v) is 3.74. The summed E-state index contributed by atoms with van der Waals surface area (Å²) in [5, 5.41) is 3.32. The zero-order valence-corrected chi connectivity index (χ0v) is 10.1. The van der Waals surface area contributed by atoms with Gasteiger partial charge in [-0.05, 0) is 18.8 Å². The monoisotopic (exact) mass is 240 g/mol. The molecular formula is C12H20N2O3. The van der Waals surface area contributed by atoms with Gasteiger partial charge in [0, 0.05) is 19.6 Å². The highest BCUT2D eigenvalue weighted by molar-refractivity contribution is 5.78. The van der Waals surface area contributed by atoms with Gasteiger partial charge in [-0.3, -0.25) is 4.79 Å². The highest BCUT2D eigenvalue weighted by Gasteiger charge is 2.42. The molecular weight excluding hydrogens is 220 g/mol. The van der Waals surface area contributed by atoms with E-state index >= 15 is 0 Å². The third-order valence-electron chi connectivity index (χ3n) is 3.74. The van der Waals surface area contributed by atoms with Crippen LogP contribution >= 0.6 is 0 Å². The van der Waals surface area contributed by atoms with E-state index < -0.39 is 0 Å². The van der Waals surface area contributed by atoms with E-state index in [1.165, 1.54) is 12.8 Å². The summed E-state index contributed by atoms with van der Waals surface area (Å²) in [7, 11) is 0. The Morgan fingerprint density at radius 3 is 3.18 bits per heavy atom. The molecule has 2 aliphatic heterocycles. The minimum absolute atomic E-state index is 0.131. The summed E-state index contributed by atoms with van der Waals surface area (Å²) in [5.41, 5.74) is -0.320. The molecule has 1 aliphatic carbocycles. The van der Waals surface area contributed by atoms with Gasteiger partial charge in [-0.2, -0.15) is 0 Å². The van der Waals surface area contributed by atoms with Gasteiger partial charge in [-0.15, -0.1) is 0 Å². The van der Waals surface area contributed by atoms with E-state index in [4.69, 9.17) is 9.47 Å². The van der Waals surface area contributed by atoms with Crippen molar-refractivity contribution in [2.75, 3.05) is 46.0 Å². The number of amides is 1. The minimum atomic E-state index is -0.320. The Bertz CT molecular complexity index is 296. The molecule has 1 unspecified atom stereocenters. The lowest BCUT2D eigenvalue weighted by atomic mass is 10.0. The Hall–Kier alpha value is -0.650. The van der Waals surface area contributed by atoms with Crippen LogP contribution in [-0.4, -0.2) is 62.4 Å². The Labute approximate surface area is 101 Å². The molecule has 3 fully saturated rings. The summed E-state index contributed by atoms with van der Waals surface area (Å²) in [6, 6.07) is 0. The third kappa shape index (κ3) is 2.61. The molecule has 1 spiro atoms. The largest absolute Gasteiger partial charge is 0.377 e. The van der Waals surface area contributed by atoms with Crippen molar-refractivity contribution < 1.29 is 14.3 Å². The molecule has 5 heteroatoms. The van der Waals surface area contributed by atoms with Gasteiger partial charge in [-0.1, -0.05) is 0 Å². The summed E-state index contributed by atoms with van der Waals surface area (Å²) in [6.07, 6.45) is 2.54. The Balaban J connectivity index is 1.66. The van der Waals surface area contributed by atoms with Crippen LogP contribution < -0.4 is 5.32 Å². The van der Waals surface area contributed by atoms with Crippen LogP contribution in [0.1, 0.15) is 12.8 Å². The van der Waals surface area contributed by atoms with Gasteiger partial charge in [0.2, 0.25) is 5.91 Å². The van der Waals surface area contributed by atoms with Crippen LogP contribution in [-0.2, 0) is 14.3 Å². The predicted molar refractivity (Wildman–Crippen MR) is 61.7 cm³/mol.